The topological polar surface area (TPSA) is 76.1 Å². The largest absolute Gasteiger partial charge is 0.507 e. The molecule has 1 fully saturated rings. The predicted octanol–water partition coefficient (Wildman–Crippen LogP) is 5.28. The second-order valence-electron chi connectivity index (χ2n) is 8.20. The predicted molar refractivity (Wildman–Crippen MR) is 129 cm³/mol. The number of Topliss-reactive ketones (excluding diaryl/α,β-unsaturated/α-hetero) is 1. The molecule has 0 aliphatic carbocycles. The summed E-state index contributed by atoms with van der Waals surface area (Å²) in [7, 11) is 0. The fourth-order valence-corrected chi connectivity index (χ4v) is 4.18. The Bertz CT molecular complexity index is 1060. The Morgan fingerprint density at radius 3 is 2.58 bits per heavy atom. The van der Waals surface area contributed by atoms with Gasteiger partial charge in [0.1, 0.15) is 11.5 Å². The monoisotopic (exact) mass is 471 g/mol. The number of carbonyl (C=O) groups excluding carboxylic acids is 2. The Morgan fingerprint density at radius 2 is 1.91 bits per heavy atom. The van der Waals surface area contributed by atoms with Crippen molar-refractivity contribution in [3.63, 3.8) is 0 Å². The van der Waals surface area contributed by atoms with Gasteiger partial charge in [-0.3, -0.25) is 9.59 Å². The van der Waals surface area contributed by atoms with Crippen molar-refractivity contribution in [1.82, 2.24) is 4.90 Å². The van der Waals surface area contributed by atoms with E-state index in [1.54, 1.807) is 18.2 Å². The molecule has 3 rings (SSSR count). The first kappa shape index (κ1) is 24.8. The molecule has 7 heteroatoms. The van der Waals surface area contributed by atoms with Gasteiger partial charge >= 0.3 is 0 Å². The number of carbonyl (C=O) groups is 2. The SMILES string of the molecule is CCOc1ccc(Cl)c(/C(O)=C2\C(=O)C(=O)N(CCCOC(C)C)C2c2ccccc2C)c1. The summed E-state index contributed by atoms with van der Waals surface area (Å²) in [6, 6.07) is 11.7. The van der Waals surface area contributed by atoms with Crippen molar-refractivity contribution >= 4 is 29.1 Å². The smallest absolute Gasteiger partial charge is 0.295 e. The molecular weight excluding hydrogens is 442 g/mol. The fourth-order valence-electron chi connectivity index (χ4n) is 3.97. The van der Waals surface area contributed by atoms with Crippen molar-refractivity contribution in [2.45, 2.75) is 46.3 Å². The third-order valence-corrected chi connectivity index (χ3v) is 5.85. The fraction of sp³-hybridized carbons (Fsp3) is 0.385. The highest BCUT2D eigenvalue weighted by molar-refractivity contribution is 6.47. The van der Waals surface area contributed by atoms with E-state index in [9.17, 15) is 14.7 Å². The highest BCUT2D eigenvalue weighted by Crippen LogP contribution is 2.42. The third kappa shape index (κ3) is 5.40. The molecule has 1 amide bonds. The van der Waals surface area contributed by atoms with E-state index in [-0.39, 0.29) is 28.0 Å². The van der Waals surface area contributed by atoms with Crippen molar-refractivity contribution in [2.24, 2.45) is 0 Å². The van der Waals surface area contributed by atoms with Gasteiger partial charge in [-0.15, -0.1) is 0 Å². The summed E-state index contributed by atoms with van der Waals surface area (Å²) in [6.45, 7) is 8.87. The number of amides is 1. The number of nitrogens with zero attached hydrogens (tertiary/aromatic N) is 1. The van der Waals surface area contributed by atoms with E-state index >= 15 is 0 Å². The molecule has 2 aromatic rings. The Morgan fingerprint density at radius 1 is 1.18 bits per heavy atom. The Kier molecular flexibility index (Phi) is 8.16. The summed E-state index contributed by atoms with van der Waals surface area (Å²) < 4.78 is 11.1. The zero-order valence-corrected chi connectivity index (χ0v) is 20.2. The molecule has 1 unspecified atom stereocenters. The molecule has 176 valence electrons. The number of hydrogen-bond donors (Lipinski definition) is 1. The van der Waals surface area contributed by atoms with E-state index in [2.05, 4.69) is 0 Å². The molecule has 0 bridgehead atoms. The van der Waals surface area contributed by atoms with E-state index in [1.807, 2.05) is 52.0 Å². The van der Waals surface area contributed by atoms with Gasteiger partial charge in [-0.2, -0.15) is 0 Å². The average molecular weight is 472 g/mol. The van der Waals surface area contributed by atoms with Gasteiger partial charge in [-0.05, 0) is 63.4 Å². The Labute approximate surface area is 199 Å². The maximum absolute atomic E-state index is 13.2. The van der Waals surface area contributed by atoms with Crippen LogP contribution < -0.4 is 4.74 Å². The average Bonchev–Trinajstić information content (AvgIpc) is 3.02. The van der Waals surface area contributed by atoms with Crippen molar-refractivity contribution in [2.75, 3.05) is 19.8 Å². The van der Waals surface area contributed by atoms with Crippen LogP contribution in [0.2, 0.25) is 5.02 Å². The molecule has 1 saturated heterocycles. The van der Waals surface area contributed by atoms with Gasteiger partial charge in [-0.1, -0.05) is 35.9 Å². The van der Waals surface area contributed by atoms with Crippen LogP contribution in [0.15, 0.2) is 48.0 Å². The molecule has 0 radical (unpaired) electrons. The molecule has 0 spiro atoms. The molecule has 0 aromatic heterocycles. The summed E-state index contributed by atoms with van der Waals surface area (Å²) in [4.78, 5) is 27.7. The van der Waals surface area contributed by atoms with Gasteiger partial charge in [0.15, 0.2) is 0 Å². The minimum absolute atomic E-state index is 0.0228. The number of rotatable bonds is 9. The van der Waals surface area contributed by atoms with Gasteiger partial charge in [0.25, 0.3) is 11.7 Å². The van der Waals surface area contributed by atoms with Crippen LogP contribution in [0.3, 0.4) is 0 Å². The Hall–Kier alpha value is -2.83. The van der Waals surface area contributed by atoms with Gasteiger partial charge < -0.3 is 19.5 Å². The zero-order valence-electron chi connectivity index (χ0n) is 19.4. The minimum Gasteiger partial charge on any atom is -0.507 e. The lowest BCUT2D eigenvalue weighted by Gasteiger charge is -2.26. The number of aliphatic hydroxyl groups excluding tert-OH is 1. The lowest BCUT2D eigenvalue weighted by Crippen LogP contribution is -2.31. The van der Waals surface area contributed by atoms with Crippen LogP contribution in [0, 0.1) is 6.92 Å². The molecule has 2 aromatic carbocycles. The first-order chi connectivity index (χ1) is 15.8. The lowest BCUT2D eigenvalue weighted by atomic mass is 9.92. The van der Waals surface area contributed by atoms with E-state index in [4.69, 9.17) is 21.1 Å². The Balaban J connectivity index is 2.10. The number of ether oxygens (including phenoxy) is 2. The van der Waals surface area contributed by atoms with Gasteiger partial charge in [-0.25, -0.2) is 0 Å². The van der Waals surface area contributed by atoms with Crippen LogP contribution in [0.25, 0.3) is 5.76 Å². The summed E-state index contributed by atoms with van der Waals surface area (Å²) in [5.41, 5.74) is 1.96. The second-order valence-corrected chi connectivity index (χ2v) is 8.60. The normalized spacial score (nSPS) is 17.8. The highest BCUT2D eigenvalue weighted by atomic mass is 35.5. The number of halogens is 1. The summed E-state index contributed by atoms with van der Waals surface area (Å²) in [6.07, 6.45) is 0.640. The van der Waals surface area contributed by atoms with Crippen LogP contribution in [-0.2, 0) is 14.3 Å². The van der Waals surface area contributed by atoms with Crippen LogP contribution in [0.4, 0.5) is 0 Å². The summed E-state index contributed by atoms with van der Waals surface area (Å²) in [5.74, 6) is -1.18. The number of likely N-dealkylation sites (tertiary alicyclic amines) is 1. The minimum atomic E-state index is -0.733. The van der Waals surface area contributed by atoms with E-state index in [1.165, 1.54) is 4.90 Å². The van der Waals surface area contributed by atoms with Gasteiger partial charge in [0.05, 0.1) is 29.3 Å². The van der Waals surface area contributed by atoms with Crippen LogP contribution >= 0.6 is 11.6 Å². The first-order valence-electron chi connectivity index (χ1n) is 11.1. The van der Waals surface area contributed by atoms with E-state index in [0.29, 0.717) is 31.9 Å². The number of aliphatic hydroxyl groups is 1. The molecule has 1 aliphatic heterocycles. The molecule has 1 aliphatic rings. The van der Waals surface area contributed by atoms with Crippen LogP contribution in [0.1, 0.15) is 49.9 Å². The molecular formula is C26H30ClNO5. The number of benzene rings is 2. The molecule has 33 heavy (non-hydrogen) atoms. The quantitative estimate of drug-likeness (QED) is 0.233. The van der Waals surface area contributed by atoms with Crippen molar-refractivity contribution < 1.29 is 24.2 Å². The number of ketones is 1. The van der Waals surface area contributed by atoms with Crippen molar-refractivity contribution in [1.29, 1.82) is 0 Å². The standard InChI is InChI=1S/C26H30ClNO5/c1-5-32-18-11-12-21(27)20(15-18)24(29)22-23(19-10-7-6-9-17(19)4)28(26(31)25(22)30)13-8-14-33-16(2)3/h6-7,9-12,15-16,23,29H,5,8,13-14H2,1-4H3/b24-22+. The molecule has 1 heterocycles. The maximum atomic E-state index is 13.2. The van der Waals surface area contributed by atoms with E-state index < -0.39 is 17.7 Å². The van der Waals surface area contributed by atoms with Crippen LogP contribution in [0.5, 0.6) is 5.75 Å². The summed E-state index contributed by atoms with van der Waals surface area (Å²) >= 11 is 6.37. The van der Waals surface area contributed by atoms with Crippen molar-refractivity contribution in [3.8, 4) is 5.75 Å². The van der Waals surface area contributed by atoms with Gasteiger partial charge in [0, 0.05) is 18.7 Å². The molecule has 6 nitrogen and oxygen atoms in total. The zero-order chi connectivity index (χ0) is 24.1. The summed E-state index contributed by atoms with van der Waals surface area (Å²) in [5, 5.41) is 11.5. The number of hydrogen-bond acceptors (Lipinski definition) is 5. The maximum Gasteiger partial charge on any atom is 0.295 e. The first-order valence-corrected chi connectivity index (χ1v) is 11.5. The number of aryl methyl sites for hydroxylation is 1. The van der Waals surface area contributed by atoms with Gasteiger partial charge in [0.2, 0.25) is 0 Å². The molecule has 1 atom stereocenters. The van der Waals surface area contributed by atoms with Crippen molar-refractivity contribution in [3.05, 3.63) is 69.8 Å². The third-order valence-electron chi connectivity index (χ3n) is 5.52. The molecule has 1 N–H and O–H groups in total. The van der Waals surface area contributed by atoms with Crippen LogP contribution in [-0.4, -0.2) is 47.6 Å². The second kappa shape index (κ2) is 10.9. The molecule has 0 saturated carbocycles. The highest BCUT2D eigenvalue weighted by Gasteiger charge is 2.46. The lowest BCUT2D eigenvalue weighted by molar-refractivity contribution is -0.140. The van der Waals surface area contributed by atoms with E-state index in [0.717, 1.165) is 11.1 Å².